The molecule has 0 saturated carbocycles. The summed E-state index contributed by atoms with van der Waals surface area (Å²) in [5, 5.41) is 17.7. The Morgan fingerprint density at radius 2 is 2.19 bits per heavy atom. The Hall–Kier alpha value is -2.02. The Kier molecular flexibility index (Phi) is 3.90. The van der Waals surface area contributed by atoms with Crippen molar-refractivity contribution in [2.45, 2.75) is 19.4 Å². The summed E-state index contributed by atoms with van der Waals surface area (Å²) in [5.74, 6) is -0.952. The molecule has 0 spiro atoms. The lowest BCUT2D eigenvalue weighted by Gasteiger charge is -2.26. The summed E-state index contributed by atoms with van der Waals surface area (Å²) < 4.78 is 0. The zero-order valence-corrected chi connectivity index (χ0v) is 9.34. The van der Waals surface area contributed by atoms with Crippen molar-refractivity contribution in [1.29, 1.82) is 5.26 Å². The van der Waals surface area contributed by atoms with Crippen molar-refractivity contribution in [2.24, 2.45) is 0 Å². The van der Waals surface area contributed by atoms with Crippen molar-refractivity contribution in [3.63, 3.8) is 0 Å². The van der Waals surface area contributed by atoms with E-state index in [0.717, 1.165) is 0 Å². The minimum Gasteiger partial charge on any atom is -0.478 e. The molecule has 4 heteroatoms. The molecule has 1 aromatic rings. The molecule has 0 aliphatic rings. The van der Waals surface area contributed by atoms with E-state index in [9.17, 15) is 4.79 Å². The van der Waals surface area contributed by atoms with E-state index >= 15 is 0 Å². The second-order valence-corrected chi connectivity index (χ2v) is 3.64. The molecule has 84 valence electrons. The molecule has 1 rings (SSSR count). The van der Waals surface area contributed by atoms with Gasteiger partial charge in [-0.25, -0.2) is 4.79 Å². The summed E-state index contributed by atoms with van der Waals surface area (Å²) in [6.45, 7) is 1.89. The average Bonchev–Trinajstić information content (AvgIpc) is 2.28. The van der Waals surface area contributed by atoms with Gasteiger partial charge in [-0.15, -0.1) is 0 Å². The molecule has 1 atom stereocenters. The normalized spacial score (nSPS) is 11.6. The van der Waals surface area contributed by atoms with E-state index in [4.69, 9.17) is 10.4 Å². The smallest absolute Gasteiger partial charge is 0.337 e. The number of nitrogens with zero attached hydrogens (tertiary/aromatic N) is 2. The van der Waals surface area contributed by atoms with Crippen molar-refractivity contribution in [3.05, 3.63) is 29.8 Å². The van der Waals surface area contributed by atoms with Crippen LogP contribution in [0.25, 0.3) is 0 Å². The third-order valence-corrected chi connectivity index (χ3v) is 2.56. The number of nitriles is 1. The van der Waals surface area contributed by atoms with E-state index in [0.29, 0.717) is 12.1 Å². The fourth-order valence-electron chi connectivity index (χ4n) is 1.47. The Bertz CT molecular complexity index is 423. The number of hydrogen-bond donors (Lipinski definition) is 1. The maximum Gasteiger partial charge on any atom is 0.337 e. The SMILES string of the molecule is CC(CC#N)N(C)c1ccccc1C(=O)O. The van der Waals surface area contributed by atoms with Gasteiger partial charge in [-0.05, 0) is 19.1 Å². The molecule has 0 heterocycles. The second kappa shape index (κ2) is 5.17. The van der Waals surface area contributed by atoms with Crippen LogP contribution in [-0.4, -0.2) is 24.2 Å². The van der Waals surface area contributed by atoms with Crippen LogP contribution in [0.15, 0.2) is 24.3 Å². The van der Waals surface area contributed by atoms with Crippen LogP contribution >= 0.6 is 0 Å². The maximum absolute atomic E-state index is 11.0. The number of carbonyl (C=O) groups is 1. The molecule has 0 aliphatic heterocycles. The van der Waals surface area contributed by atoms with Gasteiger partial charge >= 0.3 is 5.97 Å². The molecule has 0 aliphatic carbocycles. The number of anilines is 1. The first-order valence-corrected chi connectivity index (χ1v) is 5.00. The number of aromatic carboxylic acids is 1. The fraction of sp³-hybridized carbons (Fsp3) is 0.333. The number of carboxylic acid groups (broad SMARTS) is 1. The van der Waals surface area contributed by atoms with Crippen LogP contribution in [0.4, 0.5) is 5.69 Å². The van der Waals surface area contributed by atoms with Gasteiger partial charge in [0.15, 0.2) is 0 Å². The highest BCUT2D eigenvalue weighted by Crippen LogP contribution is 2.21. The molecule has 1 aromatic carbocycles. The number of benzene rings is 1. The Labute approximate surface area is 94.7 Å². The van der Waals surface area contributed by atoms with Gasteiger partial charge < -0.3 is 10.0 Å². The standard InChI is InChI=1S/C12H14N2O2/c1-9(7-8-13)14(2)11-6-4-3-5-10(11)12(15)16/h3-6,9H,7H2,1-2H3,(H,15,16). The molecule has 1 N–H and O–H groups in total. The first-order chi connectivity index (χ1) is 7.57. The van der Waals surface area contributed by atoms with Crippen LogP contribution < -0.4 is 4.90 Å². The van der Waals surface area contributed by atoms with Crippen molar-refractivity contribution in [2.75, 3.05) is 11.9 Å². The van der Waals surface area contributed by atoms with Crippen molar-refractivity contribution < 1.29 is 9.90 Å². The molecular weight excluding hydrogens is 204 g/mol. The molecule has 0 fully saturated rings. The van der Waals surface area contributed by atoms with E-state index in [1.54, 1.807) is 31.3 Å². The highest BCUT2D eigenvalue weighted by atomic mass is 16.4. The summed E-state index contributed by atoms with van der Waals surface area (Å²) in [6, 6.07) is 8.86. The third kappa shape index (κ3) is 2.51. The van der Waals surface area contributed by atoms with Crippen LogP contribution in [0.5, 0.6) is 0 Å². The lowest BCUT2D eigenvalue weighted by molar-refractivity contribution is 0.0697. The van der Waals surface area contributed by atoms with E-state index in [1.165, 1.54) is 0 Å². The molecule has 4 nitrogen and oxygen atoms in total. The van der Waals surface area contributed by atoms with E-state index in [1.807, 2.05) is 11.8 Å². The summed E-state index contributed by atoms with van der Waals surface area (Å²) in [7, 11) is 1.80. The predicted molar refractivity (Wildman–Crippen MR) is 61.5 cm³/mol. The monoisotopic (exact) mass is 218 g/mol. The predicted octanol–water partition coefficient (Wildman–Crippen LogP) is 2.12. The molecule has 0 bridgehead atoms. The summed E-state index contributed by atoms with van der Waals surface area (Å²) in [5.41, 5.74) is 0.896. The van der Waals surface area contributed by atoms with Gasteiger partial charge in [-0.3, -0.25) is 0 Å². The van der Waals surface area contributed by atoms with Gasteiger partial charge in [0.1, 0.15) is 0 Å². The maximum atomic E-state index is 11.0. The third-order valence-electron chi connectivity index (χ3n) is 2.56. The van der Waals surface area contributed by atoms with Crippen molar-refractivity contribution >= 4 is 11.7 Å². The number of carboxylic acids is 1. The van der Waals surface area contributed by atoms with Gasteiger partial charge in [0.05, 0.1) is 23.7 Å². The van der Waals surface area contributed by atoms with Crippen LogP contribution in [-0.2, 0) is 0 Å². The van der Waals surface area contributed by atoms with E-state index in [-0.39, 0.29) is 11.6 Å². The van der Waals surface area contributed by atoms with Crippen LogP contribution in [0.2, 0.25) is 0 Å². The molecule has 0 amide bonds. The largest absolute Gasteiger partial charge is 0.478 e. The van der Waals surface area contributed by atoms with Gasteiger partial charge in [0.25, 0.3) is 0 Å². The lowest BCUT2D eigenvalue weighted by atomic mass is 10.1. The zero-order chi connectivity index (χ0) is 12.1. The van der Waals surface area contributed by atoms with Gasteiger partial charge in [0.2, 0.25) is 0 Å². The van der Waals surface area contributed by atoms with E-state index in [2.05, 4.69) is 6.07 Å². The first kappa shape index (κ1) is 12.1. The zero-order valence-electron chi connectivity index (χ0n) is 9.34. The summed E-state index contributed by atoms with van der Waals surface area (Å²) >= 11 is 0. The summed E-state index contributed by atoms with van der Waals surface area (Å²) in [4.78, 5) is 12.8. The van der Waals surface area contributed by atoms with Crippen LogP contribution in [0, 0.1) is 11.3 Å². The highest BCUT2D eigenvalue weighted by molar-refractivity contribution is 5.94. The quantitative estimate of drug-likeness (QED) is 0.840. The van der Waals surface area contributed by atoms with Crippen LogP contribution in [0.1, 0.15) is 23.7 Å². The molecule has 16 heavy (non-hydrogen) atoms. The summed E-state index contributed by atoms with van der Waals surface area (Å²) in [6.07, 6.45) is 0.366. The van der Waals surface area contributed by atoms with Gasteiger partial charge in [-0.2, -0.15) is 5.26 Å². The molecule has 0 radical (unpaired) electrons. The Morgan fingerprint density at radius 3 is 2.75 bits per heavy atom. The lowest BCUT2D eigenvalue weighted by Crippen LogP contribution is -2.29. The van der Waals surface area contributed by atoms with Crippen molar-refractivity contribution in [1.82, 2.24) is 0 Å². The van der Waals surface area contributed by atoms with Gasteiger partial charge in [-0.1, -0.05) is 12.1 Å². The minimum absolute atomic E-state index is 0.00880. The fourth-order valence-corrected chi connectivity index (χ4v) is 1.47. The van der Waals surface area contributed by atoms with E-state index < -0.39 is 5.97 Å². The second-order valence-electron chi connectivity index (χ2n) is 3.64. The van der Waals surface area contributed by atoms with Gasteiger partial charge in [0, 0.05) is 13.1 Å². The first-order valence-electron chi connectivity index (χ1n) is 5.00. The topological polar surface area (TPSA) is 64.3 Å². The number of hydrogen-bond acceptors (Lipinski definition) is 3. The number of para-hydroxylation sites is 1. The van der Waals surface area contributed by atoms with Crippen LogP contribution in [0.3, 0.4) is 0 Å². The average molecular weight is 218 g/mol. The highest BCUT2D eigenvalue weighted by Gasteiger charge is 2.16. The Morgan fingerprint density at radius 1 is 1.56 bits per heavy atom. The molecular formula is C12H14N2O2. The Balaban J connectivity index is 3.04. The molecule has 0 aromatic heterocycles. The number of rotatable bonds is 4. The molecule has 1 unspecified atom stereocenters. The molecule has 0 saturated heterocycles. The minimum atomic E-state index is -0.952. The van der Waals surface area contributed by atoms with Crippen molar-refractivity contribution in [3.8, 4) is 6.07 Å².